The van der Waals surface area contributed by atoms with Crippen LogP contribution in [0, 0.1) is 23.2 Å². The Labute approximate surface area is 125 Å². The Balaban J connectivity index is 1.55. The number of methoxy groups -OCH3 is 1. The van der Waals surface area contributed by atoms with E-state index < -0.39 is 0 Å². The SMILES string of the molecule is COC1(C)CCCC1[Se]C[C@@H]1CC[C@H]2C[C@@H]1C2(C)C. The molecule has 19 heavy (non-hydrogen) atoms. The maximum atomic E-state index is 5.84. The second kappa shape index (κ2) is 5.04. The molecule has 4 aliphatic rings. The van der Waals surface area contributed by atoms with Crippen LogP contribution in [0.1, 0.15) is 59.3 Å². The quantitative estimate of drug-likeness (QED) is 0.687. The van der Waals surface area contributed by atoms with Crippen molar-refractivity contribution in [2.24, 2.45) is 23.2 Å². The minimum absolute atomic E-state index is 0.215. The van der Waals surface area contributed by atoms with Crippen LogP contribution in [0.4, 0.5) is 0 Å². The normalized spacial score (nSPS) is 48.0. The summed E-state index contributed by atoms with van der Waals surface area (Å²) in [6.45, 7) is 7.41. The van der Waals surface area contributed by atoms with Crippen molar-refractivity contribution in [1.82, 2.24) is 0 Å². The Morgan fingerprint density at radius 2 is 1.95 bits per heavy atom. The third-order valence-corrected chi connectivity index (χ3v) is 10.5. The molecule has 4 aliphatic carbocycles. The molecule has 2 unspecified atom stereocenters. The Hall–Kier alpha value is 0.479. The second-order valence-corrected chi connectivity index (χ2v) is 10.5. The zero-order chi connectivity index (χ0) is 13.7. The summed E-state index contributed by atoms with van der Waals surface area (Å²) in [5, 5.41) is 1.53. The fourth-order valence-electron chi connectivity index (χ4n) is 5.00. The first-order valence-corrected chi connectivity index (χ1v) is 10.3. The van der Waals surface area contributed by atoms with E-state index in [1.165, 1.54) is 37.4 Å². The number of hydrogen-bond donors (Lipinski definition) is 0. The van der Waals surface area contributed by atoms with Crippen LogP contribution in [-0.4, -0.2) is 27.7 Å². The topological polar surface area (TPSA) is 9.23 Å². The van der Waals surface area contributed by atoms with Gasteiger partial charge < -0.3 is 0 Å². The van der Waals surface area contributed by atoms with Crippen LogP contribution in [0.2, 0.25) is 10.1 Å². The summed E-state index contributed by atoms with van der Waals surface area (Å²) >= 11 is 0.796. The molecule has 110 valence electrons. The summed E-state index contributed by atoms with van der Waals surface area (Å²) in [7, 11) is 1.93. The fraction of sp³-hybridized carbons (Fsp3) is 1.00. The standard InChI is InChI=1S/C17H30OSe/c1-16(2)13-8-7-12(14(16)10-13)11-19-15-6-5-9-17(15,3)18-4/h12-15H,5-11H2,1-4H3/t12-,13-,14-,15?,17?/m0/s1. The van der Waals surface area contributed by atoms with Gasteiger partial charge in [0.1, 0.15) is 0 Å². The molecule has 0 aliphatic heterocycles. The van der Waals surface area contributed by atoms with Crippen molar-refractivity contribution >= 4 is 15.0 Å². The van der Waals surface area contributed by atoms with E-state index in [4.69, 9.17) is 4.74 Å². The van der Waals surface area contributed by atoms with E-state index >= 15 is 0 Å². The first-order chi connectivity index (χ1) is 8.97. The molecule has 4 rings (SSSR count). The van der Waals surface area contributed by atoms with Crippen molar-refractivity contribution in [3.05, 3.63) is 0 Å². The molecule has 1 nitrogen and oxygen atoms in total. The Kier molecular flexibility index (Phi) is 3.82. The molecule has 2 heteroatoms. The van der Waals surface area contributed by atoms with E-state index in [2.05, 4.69) is 20.8 Å². The first-order valence-electron chi connectivity index (χ1n) is 8.14. The molecule has 0 saturated heterocycles. The van der Waals surface area contributed by atoms with Crippen LogP contribution < -0.4 is 0 Å². The van der Waals surface area contributed by atoms with Crippen molar-refractivity contribution < 1.29 is 4.74 Å². The van der Waals surface area contributed by atoms with Crippen molar-refractivity contribution in [1.29, 1.82) is 0 Å². The minimum atomic E-state index is 0.215. The molecular formula is C17H30OSe. The summed E-state index contributed by atoms with van der Waals surface area (Å²) in [4.78, 5) is 0.880. The van der Waals surface area contributed by atoms with Gasteiger partial charge in [-0.2, -0.15) is 0 Å². The monoisotopic (exact) mass is 330 g/mol. The molecule has 0 heterocycles. The van der Waals surface area contributed by atoms with Crippen LogP contribution in [0.5, 0.6) is 0 Å². The van der Waals surface area contributed by atoms with E-state index in [0.717, 1.165) is 37.5 Å². The summed E-state index contributed by atoms with van der Waals surface area (Å²) in [5.41, 5.74) is 0.881. The van der Waals surface area contributed by atoms with Gasteiger partial charge in [0, 0.05) is 0 Å². The molecular weight excluding hydrogens is 299 g/mol. The zero-order valence-corrected chi connectivity index (χ0v) is 14.8. The van der Waals surface area contributed by atoms with E-state index in [-0.39, 0.29) is 5.60 Å². The van der Waals surface area contributed by atoms with E-state index in [1.807, 2.05) is 7.11 Å². The molecule has 0 aromatic rings. The summed E-state index contributed by atoms with van der Waals surface area (Å²) < 4.78 is 5.84. The van der Waals surface area contributed by atoms with Gasteiger partial charge in [-0.05, 0) is 0 Å². The molecule has 0 aromatic heterocycles. The van der Waals surface area contributed by atoms with E-state index in [9.17, 15) is 0 Å². The van der Waals surface area contributed by atoms with Crippen LogP contribution in [-0.2, 0) is 4.74 Å². The fourth-order valence-corrected chi connectivity index (χ4v) is 8.73. The Morgan fingerprint density at radius 1 is 1.16 bits per heavy atom. The molecule has 0 radical (unpaired) electrons. The Bertz CT molecular complexity index is 338. The number of ether oxygens (including phenoxy) is 1. The summed E-state index contributed by atoms with van der Waals surface area (Å²) in [5.74, 6) is 3.14. The molecule has 2 bridgehead atoms. The third-order valence-electron chi connectivity index (χ3n) is 6.80. The molecule has 0 spiro atoms. The zero-order valence-electron chi connectivity index (χ0n) is 13.1. The predicted octanol–water partition coefficient (Wildman–Crippen LogP) is 4.56. The summed E-state index contributed by atoms with van der Waals surface area (Å²) in [6.07, 6.45) is 8.68. The third kappa shape index (κ3) is 2.32. The van der Waals surface area contributed by atoms with Crippen molar-refractivity contribution in [2.75, 3.05) is 7.11 Å². The van der Waals surface area contributed by atoms with Crippen molar-refractivity contribution in [3.63, 3.8) is 0 Å². The molecule has 0 amide bonds. The average molecular weight is 329 g/mol. The molecule has 4 saturated carbocycles. The van der Waals surface area contributed by atoms with Crippen LogP contribution >= 0.6 is 0 Å². The van der Waals surface area contributed by atoms with Crippen LogP contribution in [0.15, 0.2) is 0 Å². The van der Waals surface area contributed by atoms with Gasteiger partial charge in [-0.3, -0.25) is 0 Å². The van der Waals surface area contributed by atoms with Crippen molar-refractivity contribution in [2.45, 2.75) is 75.0 Å². The van der Waals surface area contributed by atoms with Gasteiger partial charge in [-0.25, -0.2) is 0 Å². The molecule has 5 atom stereocenters. The van der Waals surface area contributed by atoms with Gasteiger partial charge >= 0.3 is 125 Å². The number of fused-ring (bicyclic) bond motifs is 2. The van der Waals surface area contributed by atoms with Crippen molar-refractivity contribution in [3.8, 4) is 0 Å². The van der Waals surface area contributed by atoms with Crippen LogP contribution in [0.25, 0.3) is 0 Å². The van der Waals surface area contributed by atoms with Gasteiger partial charge in [0.25, 0.3) is 0 Å². The van der Waals surface area contributed by atoms with Gasteiger partial charge in [0.05, 0.1) is 0 Å². The van der Waals surface area contributed by atoms with E-state index in [0.29, 0.717) is 5.41 Å². The van der Waals surface area contributed by atoms with Crippen LogP contribution in [0.3, 0.4) is 0 Å². The number of rotatable bonds is 4. The Morgan fingerprint density at radius 3 is 2.58 bits per heavy atom. The molecule has 4 fully saturated rings. The summed E-state index contributed by atoms with van der Waals surface area (Å²) in [6, 6.07) is 0. The van der Waals surface area contributed by atoms with E-state index in [1.54, 1.807) is 6.42 Å². The number of hydrogen-bond acceptors (Lipinski definition) is 1. The predicted molar refractivity (Wildman–Crippen MR) is 81.7 cm³/mol. The van der Waals surface area contributed by atoms with Gasteiger partial charge in [-0.15, -0.1) is 0 Å². The van der Waals surface area contributed by atoms with Gasteiger partial charge in [-0.1, -0.05) is 0 Å². The second-order valence-electron chi connectivity index (χ2n) is 7.93. The molecule has 0 N–H and O–H groups in total. The maximum absolute atomic E-state index is 5.84. The average Bonchev–Trinajstić information content (AvgIpc) is 2.78. The first kappa shape index (κ1) is 14.4. The molecule has 0 aromatic carbocycles. The van der Waals surface area contributed by atoms with Gasteiger partial charge in [0.2, 0.25) is 0 Å². The van der Waals surface area contributed by atoms with Gasteiger partial charge in [0.15, 0.2) is 0 Å².